The lowest BCUT2D eigenvalue weighted by Crippen LogP contribution is -2.49. The molecule has 8 nitrogen and oxygen atoms in total. The normalized spacial score (nSPS) is 20.7. The molecule has 0 aliphatic carbocycles. The zero-order chi connectivity index (χ0) is 23.4. The van der Waals surface area contributed by atoms with E-state index in [0.717, 1.165) is 13.0 Å². The summed E-state index contributed by atoms with van der Waals surface area (Å²) in [4.78, 5) is 46.7. The van der Waals surface area contributed by atoms with Gasteiger partial charge in [-0.25, -0.2) is 0 Å². The second kappa shape index (κ2) is 10.2. The van der Waals surface area contributed by atoms with E-state index in [4.69, 9.17) is 9.57 Å². The fourth-order valence-corrected chi connectivity index (χ4v) is 4.45. The van der Waals surface area contributed by atoms with Crippen molar-refractivity contribution in [3.63, 3.8) is 0 Å². The monoisotopic (exact) mass is 451 g/mol. The van der Waals surface area contributed by atoms with E-state index in [1.165, 1.54) is 16.9 Å². The molecular formula is C25H29N3O5. The summed E-state index contributed by atoms with van der Waals surface area (Å²) in [6.45, 7) is 4.22. The summed E-state index contributed by atoms with van der Waals surface area (Å²) in [6, 6.07) is 16.2. The average molecular weight is 452 g/mol. The minimum absolute atomic E-state index is 0.0782. The molecule has 2 aliphatic heterocycles. The van der Waals surface area contributed by atoms with Crippen LogP contribution in [0.2, 0.25) is 0 Å². The molecule has 0 spiro atoms. The molecule has 0 N–H and O–H groups in total. The summed E-state index contributed by atoms with van der Waals surface area (Å²) >= 11 is 0. The van der Waals surface area contributed by atoms with E-state index in [0.29, 0.717) is 43.1 Å². The third-order valence-electron chi connectivity index (χ3n) is 6.30. The number of imide groups is 1. The molecule has 2 aromatic rings. The number of para-hydroxylation sites is 1. The molecule has 0 bridgehead atoms. The van der Waals surface area contributed by atoms with Crippen LogP contribution in [-0.2, 0) is 14.4 Å². The lowest BCUT2D eigenvalue weighted by Gasteiger charge is -2.38. The highest BCUT2D eigenvalue weighted by molar-refractivity contribution is 6.21. The number of benzene rings is 2. The van der Waals surface area contributed by atoms with Gasteiger partial charge in [-0.05, 0) is 37.2 Å². The Bertz CT molecular complexity index is 977. The highest BCUT2D eigenvalue weighted by Gasteiger charge is 2.36. The molecule has 2 aliphatic rings. The number of methoxy groups -OCH3 is 1. The van der Waals surface area contributed by atoms with Gasteiger partial charge in [-0.3, -0.25) is 29.0 Å². The van der Waals surface area contributed by atoms with Crippen molar-refractivity contribution in [2.75, 3.05) is 45.0 Å². The fraction of sp³-hybridized carbons (Fsp3) is 0.400. The number of hydrogen-bond donors (Lipinski definition) is 0. The van der Waals surface area contributed by atoms with E-state index in [1.54, 1.807) is 31.4 Å². The Labute approximate surface area is 193 Å². The zero-order valence-corrected chi connectivity index (χ0v) is 19.0. The molecule has 0 aromatic heterocycles. The van der Waals surface area contributed by atoms with Crippen molar-refractivity contribution in [2.24, 2.45) is 5.92 Å². The van der Waals surface area contributed by atoms with Crippen molar-refractivity contribution >= 4 is 23.4 Å². The van der Waals surface area contributed by atoms with Gasteiger partial charge in [0, 0.05) is 39.6 Å². The van der Waals surface area contributed by atoms with Crippen molar-refractivity contribution in [1.29, 1.82) is 0 Å². The van der Waals surface area contributed by atoms with Gasteiger partial charge in [-0.2, -0.15) is 5.06 Å². The predicted octanol–water partition coefficient (Wildman–Crippen LogP) is 2.60. The zero-order valence-electron chi connectivity index (χ0n) is 19.0. The van der Waals surface area contributed by atoms with Crippen LogP contribution in [0.1, 0.15) is 34.1 Å². The average Bonchev–Trinajstić information content (AvgIpc) is 3.08. The van der Waals surface area contributed by atoms with Gasteiger partial charge in [0.2, 0.25) is 5.91 Å². The summed E-state index contributed by atoms with van der Waals surface area (Å²) in [7, 11) is 1.67. The Morgan fingerprint density at radius 2 is 1.64 bits per heavy atom. The summed E-state index contributed by atoms with van der Waals surface area (Å²) in [5.74, 6) is -0.524. The number of piperidine rings is 1. The number of amides is 3. The first-order valence-electron chi connectivity index (χ1n) is 11.2. The Hall–Kier alpha value is -3.07. The predicted molar refractivity (Wildman–Crippen MR) is 123 cm³/mol. The van der Waals surface area contributed by atoms with E-state index >= 15 is 0 Å². The first-order valence-corrected chi connectivity index (χ1v) is 11.2. The van der Waals surface area contributed by atoms with Gasteiger partial charge in [-0.15, -0.1) is 0 Å². The molecule has 2 aromatic carbocycles. The Morgan fingerprint density at radius 1 is 1.00 bits per heavy atom. The number of anilines is 1. The van der Waals surface area contributed by atoms with Gasteiger partial charge in [0.05, 0.1) is 29.5 Å². The standard InChI is InChI=1S/C25H29N3O5/c1-18(29)28(20-8-4-3-5-9-20)33-17-19-12-13-26(16-23(19)32-2)14-15-27-24(30)21-10-6-7-11-22(21)25(27)31/h3-11,19,23H,12-17H2,1-2H3/t19-,23-/m1/s1. The first kappa shape index (κ1) is 23.1. The number of hydrogen-bond acceptors (Lipinski definition) is 6. The molecule has 2 atom stereocenters. The molecule has 8 heteroatoms. The van der Waals surface area contributed by atoms with Gasteiger partial charge in [0.1, 0.15) is 0 Å². The van der Waals surface area contributed by atoms with E-state index in [1.807, 2.05) is 30.3 Å². The van der Waals surface area contributed by atoms with Crippen molar-refractivity contribution in [3.05, 3.63) is 65.7 Å². The quantitative estimate of drug-likeness (QED) is 0.454. The number of fused-ring (bicyclic) bond motifs is 1. The molecule has 33 heavy (non-hydrogen) atoms. The molecule has 3 amide bonds. The van der Waals surface area contributed by atoms with Crippen molar-refractivity contribution in [1.82, 2.24) is 9.80 Å². The van der Waals surface area contributed by atoms with E-state index < -0.39 is 0 Å². The van der Waals surface area contributed by atoms with Crippen LogP contribution in [0.25, 0.3) is 0 Å². The lowest BCUT2D eigenvalue weighted by molar-refractivity contribution is -0.126. The summed E-state index contributed by atoms with van der Waals surface area (Å²) in [5.41, 5.74) is 1.64. The van der Waals surface area contributed by atoms with Crippen LogP contribution in [0, 0.1) is 5.92 Å². The van der Waals surface area contributed by atoms with Crippen LogP contribution in [0.4, 0.5) is 5.69 Å². The van der Waals surface area contributed by atoms with Crippen molar-refractivity contribution < 1.29 is 24.0 Å². The summed E-state index contributed by atoms with van der Waals surface area (Å²) < 4.78 is 5.72. The highest BCUT2D eigenvalue weighted by atomic mass is 16.7. The topological polar surface area (TPSA) is 79.4 Å². The van der Waals surface area contributed by atoms with Crippen LogP contribution in [-0.4, -0.2) is 73.5 Å². The number of carbonyl (C=O) groups excluding carboxylic acids is 3. The van der Waals surface area contributed by atoms with Gasteiger partial charge >= 0.3 is 0 Å². The van der Waals surface area contributed by atoms with Crippen LogP contribution >= 0.6 is 0 Å². The summed E-state index contributed by atoms with van der Waals surface area (Å²) in [5, 5.41) is 1.32. The Kier molecular flexibility index (Phi) is 7.17. The number of ether oxygens (including phenoxy) is 1. The van der Waals surface area contributed by atoms with Gasteiger partial charge < -0.3 is 4.74 Å². The Balaban J connectivity index is 1.30. The smallest absolute Gasteiger partial charge is 0.261 e. The lowest BCUT2D eigenvalue weighted by atomic mass is 9.94. The minimum Gasteiger partial charge on any atom is -0.380 e. The van der Waals surface area contributed by atoms with Crippen LogP contribution < -0.4 is 5.06 Å². The van der Waals surface area contributed by atoms with Crippen LogP contribution in [0.5, 0.6) is 0 Å². The van der Waals surface area contributed by atoms with E-state index in [-0.39, 0.29) is 29.7 Å². The number of hydroxylamine groups is 1. The van der Waals surface area contributed by atoms with Gasteiger partial charge in [0.25, 0.3) is 11.8 Å². The molecule has 1 fully saturated rings. The second-order valence-electron chi connectivity index (χ2n) is 8.38. The Morgan fingerprint density at radius 3 is 2.24 bits per heavy atom. The molecule has 174 valence electrons. The number of carbonyl (C=O) groups is 3. The highest BCUT2D eigenvalue weighted by Crippen LogP contribution is 2.25. The largest absolute Gasteiger partial charge is 0.380 e. The van der Waals surface area contributed by atoms with Gasteiger partial charge in [0.15, 0.2) is 0 Å². The third-order valence-corrected chi connectivity index (χ3v) is 6.30. The molecule has 0 unspecified atom stereocenters. The summed E-state index contributed by atoms with van der Waals surface area (Å²) in [6.07, 6.45) is 0.742. The number of rotatable bonds is 8. The number of likely N-dealkylation sites (tertiary alicyclic amines) is 1. The molecule has 0 radical (unpaired) electrons. The maximum Gasteiger partial charge on any atom is 0.261 e. The minimum atomic E-state index is -0.229. The molecule has 1 saturated heterocycles. The molecule has 4 rings (SSSR count). The first-order chi connectivity index (χ1) is 16.0. The van der Waals surface area contributed by atoms with E-state index in [2.05, 4.69) is 4.90 Å². The van der Waals surface area contributed by atoms with Crippen LogP contribution in [0.15, 0.2) is 54.6 Å². The molecule has 0 saturated carbocycles. The molecule has 2 heterocycles. The van der Waals surface area contributed by atoms with Crippen LogP contribution in [0.3, 0.4) is 0 Å². The van der Waals surface area contributed by atoms with Gasteiger partial charge in [-0.1, -0.05) is 30.3 Å². The van der Waals surface area contributed by atoms with E-state index in [9.17, 15) is 14.4 Å². The maximum atomic E-state index is 12.6. The maximum absolute atomic E-state index is 12.6. The fourth-order valence-electron chi connectivity index (χ4n) is 4.45. The third kappa shape index (κ3) is 4.98. The molecular weight excluding hydrogens is 422 g/mol. The van der Waals surface area contributed by atoms with Crippen molar-refractivity contribution in [2.45, 2.75) is 19.4 Å². The van der Waals surface area contributed by atoms with Crippen molar-refractivity contribution in [3.8, 4) is 0 Å². The number of nitrogens with zero attached hydrogens (tertiary/aromatic N) is 3. The SMILES string of the molecule is CO[C@@H]1CN(CCN2C(=O)c3ccccc3C2=O)CC[C@@H]1CON(C(C)=O)c1ccccc1. The second-order valence-corrected chi connectivity index (χ2v) is 8.38.